The molecule has 1 heterocycles. The van der Waals surface area contributed by atoms with E-state index < -0.39 is 38.4 Å². The van der Waals surface area contributed by atoms with Crippen LogP contribution in [0.4, 0.5) is 8.78 Å². The minimum Gasteiger partial charge on any atom is -0.286 e. The van der Waals surface area contributed by atoms with Crippen LogP contribution in [0.1, 0.15) is 64.9 Å². The van der Waals surface area contributed by atoms with Crippen LogP contribution < -0.4 is 4.72 Å². The van der Waals surface area contributed by atoms with Gasteiger partial charge in [0, 0.05) is 18.0 Å². The van der Waals surface area contributed by atoms with Crippen LogP contribution in [0.5, 0.6) is 0 Å². The molecule has 0 radical (unpaired) electrons. The fraction of sp³-hybridized carbons (Fsp3) is 0.235. The van der Waals surface area contributed by atoms with E-state index in [1.807, 2.05) is 78.4 Å². The lowest BCUT2D eigenvalue weighted by atomic mass is 9.94. The van der Waals surface area contributed by atoms with Crippen molar-refractivity contribution in [1.29, 1.82) is 0 Å². The van der Waals surface area contributed by atoms with Crippen molar-refractivity contribution >= 4 is 43.5 Å². The number of hydrogen-bond acceptors (Lipinski definition) is 4. The van der Waals surface area contributed by atoms with Gasteiger partial charge < -0.3 is 0 Å². The first-order valence-corrected chi connectivity index (χ1v) is 13.8. The van der Waals surface area contributed by atoms with Crippen molar-refractivity contribution < 1.29 is 26.8 Å². The smallest absolute Gasteiger partial charge is 0.264 e. The minimum atomic E-state index is -4.38. The summed E-state index contributed by atoms with van der Waals surface area (Å²) >= 11 is 0. The molecule has 5 rings (SSSR count). The highest BCUT2D eigenvalue weighted by atomic mass is 32.2. The molecule has 0 saturated heterocycles. The Kier molecular flexibility index (Phi) is 12.5. The van der Waals surface area contributed by atoms with Crippen LogP contribution in [0.3, 0.4) is 0 Å². The Labute approximate surface area is 253 Å². The predicted molar refractivity (Wildman–Crippen MR) is 172 cm³/mol. The maximum Gasteiger partial charge on any atom is 0.264 e. The number of aryl methyl sites for hydroxylation is 1. The number of sulfonamides is 1. The molecule has 0 aliphatic heterocycles. The quantitative estimate of drug-likeness (QED) is 0.200. The Hall–Kier alpha value is -4.37. The molecule has 1 atom stereocenters. The standard InChI is InChI=1S/C30H24F2N2O4S.4CH4/c1-19(23-11-6-8-20-7-2-3-9-24(20)23)30(36)34-18-21(25-10-4-5-12-28(25)34)13-16-29(35)33-39(37,38)22-14-15-26(31)27(32)17-22;;;;/h2-12,14-15,17-19H,13,16H2,1H3,(H,33,35);4*1H4. The first-order chi connectivity index (χ1) is 18.7. The van der Waals surface area contributed by atoms with Gasteiger partial charge in [0.2, 0.25) is 11.8 Å². The lowest BCUT2D eigenvalue weighted by Gasteiger charge is -2.15. The Morgan fingerprint density at radius 3 is 2.14 bits per heavy atom. The molecule has 9 heteroatoms. The number of nitrogens with zero attached hydrogens (tertiary/aromatic N) is 1. The summed E-state index contributed by atoms with van der Waals surface area (Å²) in [4.78, 5) is 25.7. The van der Waals surface area contributed by atoms with Gasteiger partial charge in [-0.05, 0) is 59.5 Å². The number of amides is 1. The van der Waals surface area contributed by atoms with Gasteiger partial charge in [-0.25, -0.2) is 21.9 Å². The second-order valence-corrected chi connectivity index (χ2v) is 11.0. The number of halogens is 2. The highest BCUT2D eigenvalue weighted by molar-refractivity contribution is 7.90. The Bertz CT molecular complexity index is 1840. The molecular formula is C34H40F2N2O4S. The Morgan fingerprint density at radius 2 is 1.44 bits per heavy atom. The number of hydrogen-bond donors (Lipinski definition) is 1. The van der Waals surface area contributed by atoms with Gasteiger partial charge in [0.25, 0.3) is 10.0 Å². The Morgan fingerprint density at radius 1 is 0.814 bits per heavy atom. The van der Waals surface area contributed by atoms with Crippen LogP contribution in [-0.4, -0.2) is 24.8 Å². The van der Waals surface area contributed by atoms with Crippen molar-refractivity contribution in [3.8, 4) is 0 Å². The summed E-state index contributed by atoms with van der Waals surface area (Å²) < 4.78 is 55.1. The summed E-state index contributed by atoms with van der Waals surface area (Å²) in [6.45, 7) is 1.86. The van der Waals surface area contributed by atoms with Crippen LogP contribution in [-0.2, 0) is 21.2 Å². The van der Waals surface area contributed by atoms with Crippen LogP contribution in [0.25, 0.3) is 21.7 Å². The molecule has 0 aliphatic rings. The third kappa shape index (κ3) is 7.35. The van der Waals surface area contributed by atoms with Crippen molar-refractivity contribution in [2.45, 2.75) is 60.3 Å². The van der Waals surface area contributed by atoms with Gasteiger partial charge in [-0.15, -0.1) is 0 Å². The minimum absolute atomic E-state index is 0. The molecule has 0 aliphatic carbocycles. The average Bonchev–Trinajstić information content (AvgIpc) is 3.30. The SMILES string of the molecule is C.C.C.C.CC(C(=O)n1cc(CCC(=O)NS(=O)(=O)c2ccc(F)c(F)c2)c2ccccc21)c1cccc2ccccc12. The molecule has 0 bridgehead atoms. The highest BCUT2D eigenvalue weighted by Gasteiger charge is 2.23. The van der Waals surface area contributed by atoms with Crippen LogP contribution in [0.15, 0.2) is 96.0 Å². The molecular weight excluding hydrogens is 570 g/mol. The number of aromatic nitrogens is 1. The van der Waals surface area contributed by atoms with E-state index in [0.717, 1.165) is 27.8 Å². The van der Waals surface area contributed by atoms with E-state index >= 15 is 0 Å². The van der Waals surface area contributed by atoms with Crippen molar-refractivity contribution in [3.63, 3.8) is 0 Å². The largest absolute Gasteiger partial charge is 0.286 e. The number of nitrogens with one attached hydrogen (secondary N) is 1. The fourth-order valence-corrected chi connectivity index (χ4v) is 5.78. The summed E-state index contributed by atoms with van der Waals surface area (Å²) in [5.41, 5.74) is 2.28. The number of carbonyl (C=O) groups excluding carboxylic acids is 2. The van der Waals surface area contributed by atoms with Crippen molar-refractivity contribution in [3.05, 3.63) is 114 Å². The maximum absolute atomic E-state index is 13.7. The van der Waals surface area contributed by atoms with E-state index in [0.29, 0.717) is 23.2 Å². The zero-order chi connectivity index (χ0) is 27.7. The van der Waals surface area contributed by atoms with E-state index in [1.165, 1.54) is 0 Å². The summed E-state index contributed by atoms with van der Waals surface area (Å²) in [5, 5.41) is 2.81. The summed E-state index contributed by atoms with van der Waals surface area (Å²) in [5.74, 6) is -3.93. The number of carbonyl (C=O) groups is 2. The van der Waals surface area contributed by atoms with Gasteiger partial charge in [0.15, 0.2) is 11.6 Å². The van der Waals surface area contributed by atoms with Crippen LogP contribution in [0, 0.1) is 11.6 Å². The molecule has 230 valence electrons. The average molecular weight is 611 g/mol. The normalized spacial score (nSPS) is 11.3. The van der Waals surface area contributed by atoms with Gasteiger partial charge in [-0.2, -0.15) is 0 Å². The lowest BCUT2D eigenvalue weighted by Crippen LogP contribution is -2.30. The van der Waals surface area contributed by atoms with Gasteiger partial charge >= 0.3 is 0 Å². The first-order valence-electron chi connectivity index (χ1n) is 12.3. The summed E-state index contributed by atoms with van der Waals surface area (Å²) in [7, 11) is -4.38. The molecule has 0 spiro atoms. The number of benzene rings is 4. The molecule has 5 aromatic rings. The monoisotopic (exact) mass is 610 g/mol. The number of para-hydroxylation sites is 1. The lowest BCUT2D eigenvalue weighted by molar-refractivity contribution is -0.119. The first kappa shape index (κ1) is 36.7. The topological polar surface area (TPSA) is 85.2 Å². The van der Waals surface area contributed by atoms with Crippen LogP contribution in [0.2, 0.25) is 0 Å². The zero-order valence-electron chi connectivity index (χ0n) is 20.9. The van der Waals surface area contributed by atoms with E-state index in [1.54, 1.807) is 10.8 Å². The Balaban J connectivity index is 0.00000231. The molecule has 1 amide bonds. The van der Waals surface area contributed by atoms with Crippen molar-refractivity contribution in [2.24, 2.45) is 0 Å². The zero-order valence-corrected chi connectivity index (χ0v) is 21.7. The van der Waals surface area contributed by atoms with Crippen molar-refractivity contribution in [2.75, 3.05) is 0 Å². The van der Waals surface area contributed by atoms with E-state index in [4.69, 9.17) is 0 Å². The van der Waals surface area contributed by atoms with Gasteiger partial charge in [-0.1, -0.05) is 90.4 Å². The third-order valence-electron chi connectivity index (χ3n) is 6.76. The van der Waals surface area contributed by atoms with Crippen molar-refractivity contribution in [1.82, 2.24) is 9.29 Å². The molecule has 0 saturated carbocycles. The molecule has 1 unspecified atom stereocenters. The molecule has 4 aromatic carbocycles. The molecule has 1 N–H and O–H groups in total. The fourth-order valence-electron chi connectivity index (χ4n) is 4.75. The second kappa shape index (κ2) is 14.7. The summed E-state index contributed by atoms with van der Waals surface area (Å²) in [6.07, 6.45) is 1.64. The number of fused-ring (bicyclic) bond motifs is 2. The highest BCUT2D eigenvalue weighted by Crippen LogP contribution is 2.30. The van der Waals surface area contributed by atoms with Gasteiger partial charge in [0.1, 0.15) is 0 Å². The molecule has 0 fully saturated rings. The van der Waals surface area contributed by atoms with E-state index in [-0.39, 0.29) is 48.5 Å². The maximum atomic E-state index is 13.7. The van der Waals surface area contributed by atoms with Gasteiger partial charge in [-0.3, -0.25) is 14.2 Å². The van der Waals surface area contributed by atoms with E-state index in [2.05, 4.69) is 0 Å². The third-order valence-corrected chi connectivity index (χ3v) is 8.13. The molecule has 43 heavy (non-hydrogen) atoms. The van der Waals surface area contributed by atoms with E-state index in [9.17, 15) is 26.8 Å². The predicted octanol–water partition coefficient (Wildman–Crippen LogP) is 8.50. The van der Waals surface area contributed by atoms with Gasteiger partial charge in [0.05, 0.1) is 16.3 Å². The molecule has 6 nitrogen and oxygen atoms in total. The number of rotatable bonds is 7. The second-order valence-electron chi connectivity index (χ2n) is 9.27. The summed E-state index contributed by atoms with van der Waals surface area (Å²) in [6, 6.07) is 23.1. The van der Waals surface area contributed by atoms with Crippen LogP contribution >= 0.6 is 0 Å². The molecule has 1 aromatic heterocycles.